The average molecular weight is 183 g/mol. The van der Waals surface area contributed by atoms with Crippen LogP contribution < -0.4 is 15.5 Å². The normalized spacial score (nSPS) is 18.1. The lowest BCUT2D eigenvalue weighted by molar-refractivity contribution is -0.435. The Bertz CT molecular complexity index is 330. The molecular formula is C9H12FN2O+. The van der Waals surface area contributed by atoms with Crippen LogP contribution in [0.15, 0.2) is 6.07 Å². The number of aromatic nitrogens is 1. The van der Waals surface area contributed by atoms with Gasteiger partial charge in [-0.25, -0.2) is 0 Å². The Kier molecular flexibility index (Phi) is 1.49. The molecule has 1 aliphatic heterocycles. The molecule has 0 saturated heterocycles. The molecule has 4 heteroatoms. The number of fused-ring (bicyclic) bond motifs is 1. The molecule has 2 rings (SSSR count). The first-order valence-corrected chi connectivity index (χ1v) is 4.17. The lowest BCUT2D eigenvalue weighted by Gasteiger charge is -2.13. The zero-order valence-electron chi connectivity index (χ0n) is 7.65. The van der Waals surface area contributed by atoms with Crippen LogP contribution in [0, 0.1) is 5.95 Å². The first-order chi connectivity index (χ1) is 5.98. The largest absolute Gasteiger partial charge is 0.438 e. The summed E-state index contributed by atoms with van der Waals surface area (Å²) in [5, 5.41) is 0. The number of rotatable bonds is 0. The summed E-state index contributed by atoms with van der Waals surface area (Å²) in [7, 11) is 0. The van der Waals surface area contributed by atoms with Gasteiger partial charge in [0.2, 0.25) is 0 Å². The van der Waals surface area contributed by atoms with Crippen molar-refractivity contribution in [2.24, 2.45) is 0 Å². The van der Waals surface area contributed by atoms with Gasteiger partial charge in [-0.15, -0.1) is 9.37 Å². The van der Waals surface area contributed by atoms with Crippen LogP contribution in [0.1, 0.15) is 19.4 Å². The summed E-state index contributed by atoms with van der Waals surface area (Å²) in [6.07, 6.45) is 0.753. The molecule has 3 nitrogen and oxygen atoms in total. The summed E-state index contributed by atoms with van der Waals surface area (Å²) in [5.74, 6) is -0.0341. The molecule has 0 spiro atoms. The number of nitrogens with two attached hydrogens (primary N) is 1. The second-order valence-corrected chi connectivity index (χ2v) is 3.93. The van der Waals surface area contributed by atoms with Gasteiger partial charge >= 0.3 is 11.8 Å². The second-order valence-electron chi connectivity index (χ2n) is 3.93. The van der Waals surface area contributed by atoms with E-state index in [2.05, 4.69) is 4.98 Å². The van der Waals surface area contributed by atoms with E-state index in [0.29, 0.717) is 5.88 Å². The molecule has 2 heterocycles. The summed E-state index contributed by atoms with van der Waals surface area (Å²) in [5.41, 5.74) is 6.23. The minimum atomic E-state index is -0.531. The zero-order valence-corrected chi connectivity index (χ0v) is 7.65. The van der Waals surface area contributed by atoms with Gasteiger partial charge in [-0.3, -0.25) is 0 Å². The number of hydrogen-bond acceptors (Lipinski definition) is 2. The summed E-state index contributed by atoms with van der Waals surface area (Å²) in [6, 6.07) is 1.62. The van der Waals surface area contributed by atoms with Crippen molar-refractivity contribution in [1.29, 1.82) is 0 Å². The van der Waals surface area contributed by atoms with E-state index in [1.165, 1.54) is 0 Å². The molecule has 1 aromatic rings. The minimum absolute atomic E-state index is 0.139. The lowest BCUT2D eigenvalue weighted by Crippen LogP contribution is -2.26. The Morgan fingerprint density at radius 3 is 3.00 bits per heavy atom. The zero-order chi connectivity index (χ0) is 9.64. The minimum Gasteiger partial charge on any atom is -0.438 e. The summed E-state index contributed by atoms with van der Waals surface area (Å²) >= 11 is 0. The molecule has 0 saturated carbocycles. The van der Waals surface area contributed by atoms with E-state index in [-0.39, 0.29) is 11.3 Å². The number of halogens is 1. The Labute approximate surface area is 75.7 Å². The molecule has 0 bridgehead atoms. The predicted octanol–water partition coefficient (Wildman–Crippen LogP) is 0.935. The fraction of sp³-hybridized carbons (Fsp3) is 0.444. The van der Waals surface area contributed by atoms with Crippen molar-refractivity contribution in [2.45, 2.75) is 25.9 Å². The third-order valence-electron chi connectivity index (χ3n) is 2.09. The number of H-pyrrole nitrogens is 1. The fourth-order valence-corrected chi connectivity index (χ4v) is 1.56. The highest BCUT2D eigenvalue weighted by atomic mass is 19.1. The maximum absolute atomic E-state index is 13.0. The Balaban J connectivity index is 2.48. The molecule has 0 unspecified atom stereocenters. The van der Waals surface area contributed by atoms with Gasteiger partial charge in [0.1, 0.15) is 11.3 Å². The molecule has 0 fully saturated rings. The van der Waals surface area contributed by atoms with Crippen LogP contribution in [-0.4, -0.2) is 5.60 Å². The van der Waals surface area contributed by atoms with Gasteiger partial charge in [0.25, 0.3) is 0 Å². The molecule has 0 aromatic carbocycles. The van der Waals surface area contributed by atoms with E-state index < -0.39 is 5.95 Å². The van der Waals surface area contributed by atoms with E-state index in [0.717, 1.165) is 12.0 Å². The number of nitrogen functional groups attached to an aromatic ring is 1. The molecular weight excluding hydrogens is 171 g/mol. The van der Waals surface area contributed by atoms with Crippen molar-refractivity contribution in [2.75, 3.05) is 5.73 Å². The molecule has 70 valence electrons. The van der Waals surface area contributed by atoms with E-state index in [9.17, 15) is 4.39 Å². The monoisotopic (exact) mass is 183 g/mol. The van der Waals surface area contributed by atoms with Crippen LogP contribution in [0.4, 0.5) is 10.1 Å². The van der Waals surface area contributed by atoms with Crippen LogP contribution >= 0.6 is 0 Å². The van der Waals surface area contributed by atoms with Crippen LogP contribution in [-0.2, 0) is 6.42 Å². The third-order valence-corrected chi connectivity index (χ3v) is 2.09. The molecule has 0 radical (unpaired) electrons. The third kappa shape index (κ3) is 1.32. The van der Waals surface area contributed by atoms with Gasteiger partial charge in [0.15, 0.2) is 0 Å². The second kappa shape index (κ2) is 2.34. The topological polar surface area (TPSA) is 49.4 Å². The maximum Gasteiger partial charge on any atom is 0.384 e. The molecule has 0 amide bonds. The smallest absolute Gasteiger partial charge is 0.384 e. The predicted molar refractivity (Wildman–Crippen MR) is 45.8 cm³/mol. The summed E-state index contributed by atoms with van der Waals surface area (Å²) < 4.78 is 18.4. The number of hydrogen-bond donors (Lipinski definition) is 1. The average Bonchev–Trinajstić information content (AvgIpc) is 2.24. The highest BCUT2D eigenvalue weighted by molar-refractivity contribution is 5.42. The summed E-state index contributed by atoms with van der Waals surface area (Å²) in [4.78, 5) is 2.50. The lowest BCUT2D eigenvalue weighted by atomic mass is 10.0. The van der Waals surface area contributed by atoms with Gasteiger partial charge in [0, 0.05) is 6.42 Å². The number of anilines is 1. The molecule has 0 atom stereocenters. The fourth-order valence-electron chi connectivity index (χ4n) is 1.56. The van der Waals surface area contributed by atoms with Gasteiger partial charge < -0.3 is 10.5 Å². The van der Waals surface area contributed by atoms with E-state index in [1.54, 1.807) is 6.07 Å². The Morgan fingerprint density at radius 1 is 1.62 bits per heavy atom. The number of ether oxygens (including phenoxy) is 1. The van der Waals surface area contributed by atoms with Crippen molar-refractivity contribution in [1.82, 2.24) is 0 Å². The van der Waals surface area contributed by atoms with E-state index in [4.69, 9.17) is 10.5 Å². The standard InChI is InChI=1S/C9H11FN2O/c1-9(2)4-5-3-6(11)7(10)12-8(5)13-9/h3H,4,11H2,1-2H3/p+1. The van der Waals surface area contributed by atoms with Crippen LogP contribution in [0.3, 0.4) is 0 Å². The van der Waals surface area contributed by atoms with Gasteiger partial charge in [-0.05, 0) is 19.9 Å². The molecule has 13 heavy (non-hydrogen) atoms. The van der Waals surface area contributed by atoms with E-state index in [1.807, 2.05) is 13.8 Å². The Morgan fingerprint density at radius 2 is 2.31 bits per heavy atom. The first kappa shape index (κ1) is 8.29. The van der Waals surface area contributed by atoms with Gasteiger partial charge in [-0.2, -0.15) is 0 Å². The quantitative estimate of drug-likeness (QED) is 0.608. The van der Waals surface area contributed by atoms with Crippen molar-refractivity contribution < 1.29 is 14.1 Å². The SMILES string of the molecule is CC1(C)Cc2cc(N)c(F)[nH+]c2O1. The number of pyridine rings is 1. The van der Waals surface area contributed by atoms with Gasteiger partial charge in [0.05, 0.1) is 5.56 Å². The van der Waals surface area contributed by atoms with Gasteiger partial charge in [-0.1, -0.05) is 0 Å². The Hall–Kier alpha value is -1.32. The van der Waals surface area contributed by atoms with Crippen molar-refractivity contribution >= 4 is 5.69 Å². The summed E-state index contributed by atoms with van der Waals surface area (Å²) in [6.45, 7) is 3.91. The molecule has 1 aromatic heterocycles. The maximum atomic E-state index is 13.0. The van der Waals surface area contributed by atoms with Crippen LogP contribution in [0.5, 0.6) is 5.88 Å². The van der Waals surface area contributed by atoms with E-state index >= 15 is 0 Å². The van der Waals surface area contributed by atoms with Crippen molar-refractivity contribution in [3.05, 3.63) is 17.6 Å². The number of nitrogens with one attached hydrogen (secondary N) is 1. The van der Waals surface area contributed by atoms with Crippen molar-refractivity contribution in [3.63, 3.8) is 0 Å². The molecule has 0 aliphatic carbocycles. The highest BCUT2D eigenvalue weighted by Crippen LogP contribution is 2.32. The van der Waals surface area contributed by atoms with Crippen LogP contribution in [0.2, 0.25) is 0 Å². The molecule has 1 aliphatic rings. The molecule has 3 N–H and O–H groups in total. The van der Waals surface area contributed by atoms with Crippen LogP contribution in [0.25, 0.3) is 0 Å². The number of aromatic amines is 1. The highest BCUT2D eigenvalue weighted by Gasteiger charge is 2.36. The first-order valence-electron chi connectivity index (χ1n) is 4.17. The van der Waals surface area contributed by atoms with Crippen molar-refractivity contribution in [3.8, 4) is 5.88 Å².